The maximum Gasteiger partial charge on any atom is 0.262 e. The Balaban J connectivity index is 1.65. The van der Waals surface area contributed by atoms with Gasteiger partial charge in [0.05, 0.1) is 11.7 Å². The van der Waals surface area contributed by atoms with Gasteiger partial charge in [0, 0.05) is 10.4 Å². The van der Waals surface area contributed by atoms with Gasteiger partial charge in [-0.2, -0.15) is 4.98 Å². The lowest BCUT2D eigenvalue weighted by atomic mass is 10.1. The second-order valence-corrected chi connectivity index (χ2v) is 7.05. The van der Waals surface area contributed by atoms with Crippen molar-refractivity contribution >= 4 is 21.6 Å². The first-order chi connectivity index (χ1) is 12.5. The summed E-state index contributed by atoms with van der Waals surface area (Å²) in [6.45, 7) is 3.84. The highest BCUT2D eigenvalue weighted by molar-refractivity contribution is 7.18. The first kappa shape index (κ1) is 16.6. The lowest BCUT2D eigenvalue weighted by Crippen LogP contribution is -2.20. The van der Waals surface area contributed by atoms with Gasteiger partial charge in [0.2, 0.25) is 11.7 Å². The predicted octanol–water partition coefficient (Wildman–Crippen LogP) is 3.57. The number of benzene rings is 1. The number of hydrogen-bond donors (Lipinski definition) is 0. The standard InChI is InChI=1S/C18H15FN4O2S/c1-3-12-7-13-17(26-12)20-9-23(18(13)24)8-15-21-16(22-25-15)11-5-4-10(2)14(19)6-11/h4-7,9H,3,8H2,1-2H3. The molecule has 3 heterocycles. The van der Waals surface area contributed by atoms with Crippen LogP contribution in [0.5, 0.6) is 0 Å². The average Bonchev–Trinajstić information content (AvgIpc) is 3.27. The molecule has 0 unspecified atom stereocenters. The second kappa shape index (κ2) is 6.45. The van der Waals surface area contributed by atoms with E-state index >= 15 is 0 Å². The Hall–Kier alpha value is -2.87. The Bertz CT molecular complexity index is 1160. The highest BCUT2D eigenvalue weighted by Gasteiger charge is 2.13. The van der Waals surface area contributed by atoms with Crippen LogP contribution in [0.2, 0.25) is 0 Å². The minimum Gasteiger partial charge on any atom is -0.337 e. The van der Waals surface area contributed by atoms with Crippen LogP contribution < -0.4 is 5.56 Å². The molecule has 26 heavy (non-hydrogen) atoms. The molecule has 6 nitrogen and oxygen atoms in total. The summed E-state index contributed by atoms with van der Waals surface area (Å²) in [5, 5.41) is 4.47. The Morgan fingerprint density at radius 2 is 2.15 bits per heavy atom. The Kier molecular flexibility index (Phi) is 4.12. The summed E-state index contributed by atoms with van der Waals surface area (Å²) in [5.74, 6) is 0.212. The van der Waals surface area contributed by atoms with Crippen LogP contribution in [0, 0.1) is 12.7 Å². The van der Waals surface area contributed by atoms with Gasteiger partial charge in [-0.25, -0.2) is 9.37 Å². The van der Waals surface area contributed by atoms with Crippen LogP contribution >= 0.6 is 11.3 Å². The van der Waals surface area contributed by atoms with Crippen LogP contribution in [0.3, 0.4) is 0 Å². The van der Waals surface area contributed by atoms with Crippen molar-refractivity contribution in [2.75, 3.05) is 0 Å². The molecule has 0 amide bonds. The highest BCUT2D eigenvalue weighted by Crippen LogP contribution is 2.22. The number of thiophene rings is 1. The van der Waals surface area contributed by atoms with Crippen molar-refractivity contribution < 1.29 is 8.91 Å². The van der Waals surface area contributed by atoms with Crippen LogP contribution in [0.25, 0.3) is 21.6 Å². The van der Waals surface area contributed by atoms with Gasteiger partial charge >= 0.3 is 0 Å². The van der Waals surface area contributed by atoms with E-state index in [-0.39, 0.29) is 29.6 Å². The number of aryl methyl sites for hydroxylation is 2. The molecule has 0 bridgehead atoms. The maximum absolute atomic E-state index is 13.7. The maximum atomic E-state index is 13.7. The zero-order valence-electron chi connectivity index (χ0n) is 14.2. The van der Waals surface area contributed by atoms with Gasteiger partial charge in [-0.05, 0) is 31.0 Å². The first-order valence-corrected chi connectivity index (χ1v) is 8.93. The molecule has 0 spiro atoms. The molecule has 0 atom stereocenters. The minimum absolute atomic E-state index is 0.112. The monoisotopic (exact) mass is 370 g/mol. The Labute approximate surface area is 151 Å². The minimum atomic E-state index is -0.330. The lowest BCUT2D eigenvalue weighted by Gasteiger charge is -2.00. The number of hydrogen-bond acceptors (Lipinski definition) is 6. The molecule has 4 rings (SSSR count). The molecule has 132 valence electrons. The highest BCUT2D eigenvalue weighted by atomic mass is 32.1. The Morgan fingerprint density at radius 1 is 1.31 bits per heavy atom. The fraction of sp³-hybridized carbons (Fsp3) is 0.222. The van der Waals surface area contributed by atoms with E-state index in [9.17, 15) is 9.18 Å². The van der Waals surface area contributed by atoms with Crippen LogP contribution in [0.1, 0.15) is 23.3 Å². The van der Waals surface area contributed by atoms with Gasteiger partial charge in [-0.15, -0.1) is 11.3 Å². The van der Waals surface area contributed by atoms with Crippen molar-refractivity contribution in [1.29, 1.82) is 0 Å². The summed E-state index contributed by atoms with van der Waals surface area (Å²) in [4.78, 5) is 23.0. The molecule has 1 aromatic carbocycles. The SMILES string of the molecule is CCc1cc2c(=O)n(Cc3nc(-c4ccc(C)c(F)c4)no3)cnc2s1. The van der Waals surface area contributed by atoms with Crippen molar-refractivity contribution in [3.8, 4) is 11.4 Å². The molecule has 4 aromatic rings. The topological polar surface area (TPSA) is 73.8 Å². The smallest absolute Gasteiger partial charge is 0.262 e. The first-order valence-electron chi connectivity index (χ1n) is 8.12. The quantitative estimate of drug-likeness (QED) is 0.549. The van der Waals surface area contributed by atoms with Crippen molar-refractivity contribution in [1.82, 2.24) is 19.7 Å². The molecular weight excluding hydrogens is 355 g/mol. The normalized spacial score (nSPS) is 11.3. The zero-order valence-corrected chi connectivity index (χ0v) is 15.0. The fourth-order valence-corrected chi connectivity index (χ4v) is 3.54. The molecule has 8 heteroatoms. The fourth-order valence-electron chi connectivity index (χ4n) is 2.61. The van der Waals surface area contributed by atoms with E-state index in [0.29, 0.717) is 16.5 Å². The van der Waals surface area contributed by atoms with Gasteiger partial charge in [-0.3, -0.25) is 9.36 Å². The van der Waals surface area contributed by atoms with Crippen LogP contribution in [-0.4, -0.2) is 19.7 Å². The summed E-state index contributed by atoms with van der Waals surface area (Å²) in [5.41, 5.74) is 0.923. The van der Waals surface area contributed by atoms with E-state index in [1.165, 1.54) is 28.3 Å². The van der Waals surface area contributed by atoms with E-state index < -0.39 is 0 Å². The third-order valence-electron chi connectivity index (χ3n) is 4.12. The van der Waals surface area contributed by atoms with Gasteiger partial charge in [-0.1, -0.05) is 24.2 Å². The molecule has 0 aliphatic carbocycles. The molecule has 0 radical (unpaired) electrons. The van der Waals surface area contributed by atoms with E-state index in [1.807, 2.05) is 13.0 Å². The average molecular weight is 370 g/mol. The molecular formula is C18H15FN4O2S. The van der Waals surface area contributed by atoms with E-state index in [1.54, 1.807) is 19.1 Å². The van der Waals surface area contributed by atoms with Crippen molar-refractivity contribution in [2.45, 2.75) is 26.8 Å². The van der Waals surface area contributed by atoms with Crippen molar-refractivity contribution in [2.24, 2.45) is 0 Å². The number of aromatic nitrogens is 4. The molecule has 3 aromatic heterocycles. The van der Waals surface area contributed by atoms with Crippen LogP contribution in [0.15, 0.2) is 39.9 Å². The number of halogens is 1. The summed E-state index contributed by atoms with van der Waals surface area (Å²) < 4.78 is 20.4. The molecule has 0 aliphatic rings. The van der Waals surface area contributed by atoms with Crippen molar-refractivity contribution in [3.05, 3.63) is 63.1 Å². The van der Waals surface area contributed by atoms with E-state index in [0.717, 1.165) is 16.1 Å². The van der Waals surface area contributed by atoms with Gasteiger partial charge in [0.1, 0.15) is 17.2 Å². The third kappa shape index (κ3) is 2.92. The number of rotatable bonds is 4. The van der Waals surface area contributed by atoms with Crippen LogP contribution in [0.4, 0.5) is 4.39 Å². The molecule has 0 N–H and O–H groups in total. The summed E-state index contributed by atoms with van der Waals surface area (Å²) in [7, 11) is 0. The van der Waals surface area contributed by atoms with Crippen molar-refractivity contribution in [3.63, 3.8) is 0 Å². The molecule has 0 fully saturated rings. The van der Waals surface area contributed by atoms with Crippen LogP contribution in [-0.2, 0) is 13.0 Å². The number of nitrogens with zero attached hydrogens (tertiary/aromatic N) is 4. The summed E-state index contributed by atoms with van der Waals surface area (Å²) in [6.07, 6.45) is 2.34. The number of fused-ring (bicyclic) bond motifs is 1. The summed E-state index contributed by atoms with van der Waals surface area (Å²) >= 11 is 1.52. The zero-order chi connectivity index (χ0) is 18.3. The largest absolute Gasteiger partial charge is 0.337 e. The molecule has 0 saturated carbocycles. The van der Waals surface area contributed by atoms with Gasteiger partial charge in [0.15, 0.2) is 0 Å². The van der Waals surface area contributed by atoms with E-state index in [2.05, 4.69) is 15.1 Å². The Morgan fingerprint density at radius 3 is 2.92 bits per heavy atom. The lowest BCUT2D eigenvalue weighted by molar-refractivity contribution is 0.369. The van der Waals surface area contributed by atoms with Gasteiger partial charge < -0.3 is 4.52 Å². The summed E-state index contributed by atoms with van der Waals surface area (Å²) in [6, 6.07) is 6.62. The molecule has 0 aliphatic heterocycles. The van der Waals surface area contributed by atoms with E-state index in [4.69, 9.17) is 4.52 Å². The third-order valence-corrected chi connectivity index (χ3v) is 5.31. The second-order valence-electron chi connectivity index (χ2n) is 5.94. The molecule has 0 saturated heterocycles. The predicted molar refractivity (Wildman–Crippen MR) is 96.8 cm³/mol. The van der Waals surface area contributed by atoms with Gasteiger partial charge in [0.25, 0.3) is 5.56 Å².